The number of aryl methyl sites for hydroxylation is 2. The number of aliphatic imine (C=N–C) groups is 1. The number of aromatic nitrogens is 1. The van der Waals surface area contributed by atoms with Gasteiger partial charge in [0.15, 0.2) is 5.96 Å². The van der Waals surface area contributed by atoms with Gasteiger partial charge in [-0.2, -0.15) is 0 Å². The van der Waals surface area contributed by atoms with Crippen LogP contribution in [0.4, 0.5) is 0 Å². The number of nitrogens with zero attached hydrogens (tertiary/aromatic N) is 2. The summed E-state index contributed by atoms with van der Waals surface area (Å²) in [5.41, 5.74) is 0.891. The van der Waals surface area contributed by atoms with Crippen molar-refractivity contribution in [3.63, 3.8) is 0 Å². The Balaban J connectivity index is 1.75. The number of carbonyl (C=O) groups excluding carboxylic acids is 1. The van der Waals surface area contributed by atoms with Crippen LogP contribution in [0.3, 0.4) is 0 Å². The molecule has 134 valence electrons. The number of guanidine groups is 1. The highest BCUT2D eigenvalue weighted by Gasteiger charge is 2.16. The molecule has 1 aromatic heterocycles. The second-order valence-electron chi connectivity index (χ2n) is 6.17. The van der Waals surface area contributed by atoms with E-state index in [1.54, 1.807) is 0 Å². The number of rotatable bonds is 7. The average molecular weight is 335 g/mol. The monoisotopic (exact) mass is 335 g/mol. The van der Waals surface area contributed by atoms with Gasteiger partial charge in [0.2, 0.25) is 11.8 Å². The van der Waals surface area contributed by atoms with Gasteiger partial charge in [-0.1, -0.05) is 12.8 Å². The molecule has 2 rings (SSSR count). The Morgan fingerprint density at radius 2 is 2.04 bits per heavy atom. The Kier molecular flexibility index (Phi) is 7.08. The van der Waals surface area contributed by atoms with E-state index >= 15 is 0 Å². The lowest BCUT2D eigenvalue weighted by Crippen LogP contribution is -2.40. The normalized spacial score (nSPS) is 15.5. The number of hydrogen-bond acceptors (Lipinski definition) is 4. The van der Waals surface area contributed by atoms with Crippen molar-refractivity contribution in [2.75, 3.05) is 13.1 Å². The molecule has 1 aliphatic carbocycles. The molecule has 1 saturated carbocycles. The molecule has 1 heterocycles. The third-order valence-electron chi connectivity index (χ3n) is 4.15. The first-order chi connectivity index (χ1) is 11.6. The van der Waals surface area contributed by atoms with Crippen molar-refractivity contribution in [3.8, 4) is 0 Å². The van der Waals surface area contributed by atoms with Crippen LogP contribution in [0.15, 0.2) is 9.41 Å². The molecule has 1 fully saturated rings. The number of hydrogen-bond donors (Lipinski definition) is 3. The zero-order chi connectivity index (χ0) is 17.4. The topological polar surface area (TPSA) is 91.6 Å². The van der Waals surface area contributed by atoms with Crippen LogP contribution >= 0.6 is 0 Å². The third-order valence-corrected chi connectivity index (χ3v) is 4.15. The van der Waals surface area contributed by atoms with Gasteiger partial charge in [-0.15, -0.1) is 0 Å². The second-order valence-corrected chi connectivity index (χ2v) is 6.17. The fourth-order valence-electron chi connectivity index (χ4n) is 2.76. The van der Waals surface area contributed by atoms with E-state index in [9.17, 15) is 4.79 Å². The van der Waals surface area contributed by atoms with Crippen molar-refractivity contribution in [1.29, 1.82) is 0 Å². The van der Waals surface area contributed by atoms with Crippen molar-refractivity contribution >= 4 is 11.9 Å². The summed E-state index contributed by atoms with van der Waals surface area (Å²) in [5, 5.41) is 9.42. The summed E-state index contributed by atoms with van der Waals surface area (Å²) >= 11 is 0. The molecule has 1 aromatic rings. The van der Waals surface area contributed by atoms with E-state index in [1.807, 2.05) is 20.8 Å². The Hall–Kier alpha value is -2.05. The molecule has 3 N–H and O–H groups in total. The van der Waals surface area contributed by atoms with Crippen molar-refractivity contribution < 1.29 is 9.21 Å². The molecule has 1 aliphatic rings. The van der Waals surface area contributed by atoms with Crippen LogP contribution < -0.4 is 16.0 Å². The third kappa shape index (κ3) is 5.86. The zero-order valence-electron chi connectivity index (χ0n) is 14.9. The quantitative estimate of drug-likeness (QED) is 0.522. The van der Waals surface area contributed by atoms with Crippen molar-refractivity contribution in [2.24, 2.45) is 4.99 Å². The first kappa shape index (κ1) is 18.3. The van der Waals surface area contributed by atoms with Gasteiger partial charge in [-0.3, -0.25) is 4.79 Å². The Labute approximate surface area is 143 Å². The first-order valence-corrected chi connectivity index (χ1v) is 8.83. The standard InChI is InChI=1S/C17H29N5O2/c1-4-18-17(20-11-16-21-12(2)13(3)24-16)19-10-9-15(23)22-14-7-5-6-8-14/h14H,4-11H2,1-3H3,(H,22,23)(H2,18,19,20). The average Bonchev–Trinajstić information content (AvgIpc) is 3.15. The molecule has 0 saturated heterocycles. The molecule has 0 aliphatic heterocycles. The van der Waals surface area contributed by atoms with E-state index in [2.05, 4.69) is 25.9 Å². The lowest BCUT2D eigenvalue weighted by molar-refractivity contribution is -0.121. The van der Waals surface area contributed by atoms with Crippen LogP contribution in [0.2, 0.25) is 0 Å². The lowest BCUT2D eigenvalue weighted by atomic mass is 10.2. The summed E-state index contributed by atoms with van der Waals surface area (Å²) < 4.78 is 5.52. The van der Waals surface area contributed by atoms with Crippen LogP contribution in [0.1, 0.15) is 56.4 Å². The number of carbonyl (C=O) groups is 1. The highest BCUT2D eigenvalue weighted by atomic mass is 16.4. The van der Waals surface area contributed by atoms with Gasteiger partial charge in [0, 0.05) is 25.6 Å². The van der Waals surface area contributed by atoms with E-state index in [-0.39, 0.29) is 5.91 Å². The fourth-order valence-corrected chi connectivity index (χ4v) is 2.76. The fraction of sp³-hybridized carbons (Fsp3) is 0.706. The maximum atomic E-state index is 11.9. The molecule has 0 unspecified atom stereocenters. The van der Waals surface area contributed by atoms with E-state index in [4.69, 9.17) is 4.42 Å². The first-order valence-electron chi connectivity index (χ1n) is 8.83. The van der Waals surface area contributed by atoms with Crippen molar-refractivity contribution in [3.05, 3.63) is 17.3 Å². The van der Waals surface area contributed by atoms with Crippen LogP contribution in [-0.4, -0.2) is 36.0 Å². The minimum absolute atomic E-state index is 0.101. The van der Waals surface area contributed by atoms with Gasteiger partial charge in [-0.25, -0.2) is 9.98 Å². The van der Waals surface area contributed by atoms with E-state index in [0.717, 1.165) is 30.8 Å². The van der Waals surface area contributed by atoms with Gasteiger partial charge >= 0.3 is 0 Å². The summed E-state index contributed by atoms with van der Waals surface area (Å²) in [6.45, 7) is 7.49. The molecule has 1 amide bonds. The number of oxazole rings is 1. The SMILES string of the molecule is CCNC(=NCc1nc(C)c(C)o1)NCCC(=O)NC1CCCC1. The van der Waals surface area contributed by atoms with Crippen molar-refractivity contribution in [2.45, 2.75) is 65.5 Å². The highest BCUT2D eigenvalue weighted by Crippen LogP contribution is 2.17. The van der Waals surface area contributed by atoms with E-state index < -0.39 is 0 Å². The van der Waals surface area contributed by atoms with Gasteiger partial charge in [0.05, 0.1) is 5.69 Å². The van der Waals surface area contributed by atoms with Crippen LogP contribution in [0.5, 0.6) is 0 Å². The van der Waals surface area contributed by atoms with Crippen LogP contribution in [-0.2, 0) is 11.3 Å². The molecule has 7 nitrogen and oxygen atoms in total. The van der Waals surface area contributed by atoms with E-state index in [1.165, 1.54) is 12.8 Å². The molecule has 0 atom stereocenters. The summed E-state index contributed by atoms with van der Waals surface area (Å²) in [5.74, 6) is 2.19. The summed E-state index contributed by atoms with van der Waals surface area (Å²) in [4.78, 5) is 20.7. The largest absolute Gasteiger partial charge is 0.444 e. The minimum Gasteiger partial charge on any atom is -0.444 e. The molecule has 0 spiro atoms. The maximum absolute atomic E-state index is 11.9. The molecule has 24 heavy (non-hydrogen) atoms. The molecule has 0 aromatic carbocycles. The Morgan fingerprint density at radius 1 is 1.29 bits per heavy atom. The lowest BCUT2D eigenvalue weighted by Gasteiger charge is -2.13. The van der Waals surface area contributed by atoms with Gasteiger partial charge < -0.3 is 20.4 Å². The predicted molar refractivity (Wildman–Crippen MR) is 93.8 cm³/mol. The Morgan fingerprint density at radius 3 is 2.67 bits per heavy atom. The Bertz CT molecular complexity index is 542. The van der Waals surface area contributed by atoms with Crippen molar-refractivity contribution in [1.82, 2.24) is 20.9 Å². The summed E-state index contributed by atoms with van der Waals surface area (Å²) in [6.07, 6.45) is 5.11. The van der Waals surface area contributed by atoms with Gasteiger partial charge in [0.1, 0.15) is 12.3 Å². The molecular formula is C17H29N5O2. The second kappa shape index (κ2) is 9.30. The number of nitrogens with one attached hydrogen (secondary N) is 3. The van der Waals surface area contributed by atoms with Crippen LogP contribution in [0, 0.1) is 13.8 Å². The highest BCUT2D eigenvalue weighted by molar-refractivity contribution is 5.81. The smallest absolute Gasteiger partial charge is 0.221 e. The summed E-state index contributed by atoms with van der Waals surface area (Å²) in [6, 6.07) is 0.371. The zero-order valence-corrected chi connectivity index (χ0v) is 14.9. The number of amides is 1. The van der Waals surface area contributed by atoms with Gasteiger partial charge in [-0.05, 0) is 33.6 Å². The minimum atomic E-state index is 0.101. The summed E-state index contributed by atoms with van der Waals surface area (Å²) in [7, 11) is 0. The molecule has 0 radical (unpaired) electrons. The molecule has 7 heteroatoms. The van der Waals surface area contributed by atoms with Gasteiger partial charge in [0.25, 0.3) is 0 Å². The maximum Gasteiger partial charge on any atom is 0.221 e. The molecular weight excluding hydrogens is 306 g/mol. The van der Waals surface area contributed by atoms with E-state index in [0.29, 0.717) is 37.4 Å². The molecule has 0 bridgehead atoms. The van der Waals surface area contributed by atoms with Crippen LogP contribution in [0.25, 0.3) is 0 Å². The predicted octanol–water partition coefficient (Wildman–Crippen LogP) is 1.80.